The van der Waals surface area contributed by atoms with E-state index in [0.717, 1.165) is 52.2 Å². The number of ether oxygens (including phenoxy) is 1. The number of carbonyl (C=O) groups is 1. The van der Waals surface area contributed by atoms with Crippen LogP contribution >= 0.6 is 0 Å². The molecule has 2 fully saturated rings. The van der Waals surface area contributed by atoms with E-state index in [2.05, 4.69) is 9.80 Å². The average molecular weight is 256 g/mol. The van der Waals surface area contributed by atoms with Gasteiger partial charge in [-0.25, -0.2) is 0 Å². The second-order valence-electron chi connectivity index (χ2n) is 5.31. The fourth-order valence-electron chi connectivity index (χ4n) is 2.95. The maximum absolute atomic E-state index is 11.2. The van der Waals surface area contributed by atoms with E-state index >= 15 is 0 Å². The smallest absolute Gasteiger partial charge is 0.320 e. The lowest BCUT2D eigenvalue weighted by molar-refractivity contribution is -0.144. The molecule has 0 aromatic rings. The number of aliphatic carboxylic acids is 1. The molecular formula is C13H24N2O3. The molecule has 104 valence electrons. The van der Waals surface area contributed by atoms with Crippen molar-refractivity contribution in [2.45, 2.75) is 38.3 Å². The molecule has 0 spiro atoms. The first kappa shape index (κ1) is 13.8. The fraction of sp³-hybridized carbons (Fsp3) is 0.923. The topological polar surface area (TPSA) is 53.0 Å². The van der Waals surface area contributed by atoms with E-state index in [1.54, 1.807) is 6.92 Å². The standard InChI is InChI=1S/C13H24N2O3/c1-11(13(16)17)15-5-3-2-4-12(15)10-14-6-8-18-9-7-14/h11-12H,2-10H2,1H3,(H,16,17)/t11-,12-/m1/s1. The lowest BCUT2D eigenvalue weighted by atomic mass is 9.99. The zero-order valence-corrected chi connectivity index (χ0v) is 11.2. The van der Waals surface area contributed by atoms with Crippen molar-refractivity contribution in [2.24, 2.45) is 0 Å². The molecule has 0 unspecified atom stereocenters. The van der Waals surface area contributed by atoms with E-state index in [9.17, 15) is 9.90 Å². The highest BCUT2D eigenvalue weighted by Gasteiger charge is 2.31. The summed E-state index contributed by atoms with van der Waals surface area (Å²) in [5.74, 6) is -0.705. The largest absolute Gasteiger partial charge is 0.480 e. The van der Waals surface area contributed by atoms with Crippen LogP contribution in [0, 0.1) is 0 Å². The zero-order valence-electron chi connectivity index (χ0n) is 11.2. The van der Waals surface area contributed by atoms with E-state index in [1.165, 1.54) is 6.42 Å². The summed E-state index contributed by atoms with van der Waals surface area (Å²) in [4.78, 5) is 15.7. The van der Waals surface area contributed by atoms with Gasteiger partial charge in [-0.3, -0.25) is 14.6 Å². The Labute approximate surface area is 109 Å². The number of piperidine rings is 1. The van der Waals surface area contributed by atoms with Crippen LogP contribution in [0.5, 0.6) is 0 Å². The molecule has 2 rings (SSSR count). The maximum atomic E-state index is 11.2. The van der Waals surface area contributed by atoms with Gasteiger partial charge in [0.2, 0.25) is 0 Å². The first-order valence-electron chi connectivity index (χ1n) is 6.97. The van der Waals surface area contributed by atoms with Gasteiger partial charge in [0.1, 0.15) is 6.04 Å². The summed E-state index contributed by atoms with van der Waals surface area (Å²) < 4.78 is 5.35. The molecule has 0 aromatic carbocycles. The summed E-state index contributed by atoms with van der Waals surface area (Å²) in [7, 11) is 0. The molecule has 2 saturated heterocycles. The molecule has 1 N–H and O–H groups in total. The average Bonchev–Trinajstić information content (AvgIpc) is 2.39. The lowest BCUT2D eigenvalue weighted by Gasteiger charge is -2.41. The number of carboxylic acids is 1. The van der Waals surface area contributed by atoms with Crippen LogP contribution in [0.25, 0.3) is 0 Å². The number of hydrogen-bond acceptors (Lipinski definition) is 4. The third-order valence-corrected chi connectivity index (χ3v) is 4.10. The molecule has 5 heteroatoms. The molecule has 2 atom stereocenters. The number of hydrogen-bond donors (Lipinski definition) is 1. The Morgan fingerprint density at radius 3 is 2.72 bits per heavy atom. The highest BCUT2D eigenvalue weighted by molar-refractivity contribution is 5.72. The Morgan fingerprint density at radius 2 is 2.06 bits per heavy atom. The Balaban J connectivity index is 1.92. The van der Waals surface area contributed by atoms with Crippen LogP contribution in [0.3, 0.4) is 0 Å². The van der Waals surface area contributed by atoms with Crippen LogP contribution in [-0.4, -0.2) is 72.4 Å². The Bertz CT molecular complexity index is 279. The first-order chi connectivity index (χ1) is 8.68. The van der Waals surface area contributed by atoms with Gasteiger partial charge in [-0.2, -0.15) is 0 Å². The van der Waals surface area contributed by atoms with Crippen LogP contribution in [0.15, 0.2) is 0 Å². The number of likely N-dealkylation sites (tertiary alicyclic amines) is 1. The summed E-state index contributed by atoms with van der Waals surface area (Å²) in [6, 6.07) is 0.0271. The molecule has 0 bridgehead atoms. The molecule has 0 saturated carbocycles. The maximum Gasteiger partial charge on any atom is 0.320 e. The Kier molecular flexibility index (Phi) is 4.97. The monoisotopic (exact) mass is 256 g/mol. The van der Waals surface area contributed by atoms with Crippen LogP contribution in [0.4, 0.5) is 0 Å². The van der Waals surface area contributed by atoms with Gasteiger partial charge < -0.3 is 9.84 Å². The second kappa shape index (κ2) is 6.50. The molecule has 5 nitrogen and oxygen atoms in total. The second-order valence-corrected chi connectivity index (χ2v) is 5.31. The predicted molar refractivity (Wildman–Crippen MR) is 68.7 cm³/mol. The normalized spacial score (nSPS) is 29.1. The van der Waals surface area contributed by atoms with Crippen LogP contribution in [0.2, 0.25) is 0 Å². The van der Waals surface area contributed by atoms with Gasteiger partial charge >= 0.3 is 5.97 Å². The van der Waals surface area contributed by atoms with Crippen LogP contribution < -0.4 is 0 Å². The molecule has 2 aliphatic heterocycles. The quantitative estimate of drug-likeness (QED) is 0.800. The summed E-state index contributed by atoms with van der Waals surface area (Å²) in [5, 5.41) is 9.18. The summed E-state index contributed by atoms with van der Waals surface area (Å²) in [6.07, 6.45) is 3.46. The van der Waals surface area contributed by atoms with E-state index in [4.69, 9.17) is 4.74 Å². The third-order valence-electron chi connectivity index (χ3n) is 4.10. The molecule has 18 heavy (non-hydrogen) atoms. The molecule has 2 heterocycles. The minimum absolute atomic E-state index is 0.364. The number of morpholine rings is 1. The minimum atomic E-state index is -0.705. The SMILES string of the molecule is C[C@H](C(=O)O)N1CCCC[C@@H]1CN1CCOCC1. The third kappa shape index (κ3) is 3.43. The first-order valence-corrected chi connectivity index (χ1v) is 6.97. The summed E-state index contributed by atoms with van der Waals surface area (Å²) >= 11 is 0. The van der Waals surface area contributed by atoms with Crippen LogP contribution in [0.1, 0.15) is 26.2 Å². The predicted octanol–water partition coefficient (Wildman–Crippen LogP) is 0.646. The van der Waals surface area contributed by atoms with E-state index in [-0.39, 0.29) is 6.04 Å². The molecule has 0 aliphatic carbocycles. The molecule has 2 aliphatic rings. The molecular weight excluding hydrogens is 232 g/mol. The highest BCUT2D eigenvalue weighted by atomic mass is 16.5. The summed E-state index contributed by atoms with van der Waals surface area (Å²) in [6.45, 7) is 7.28. The van der Waals surface area contributed by atoms with Gasteiger partial charge in [0.15, 0.2) is 0 Å². The van der Waals surface area contributed by atoms with Gasteiger partial charge in [-0.1, -0.05) is 6.42 Å². The number of nitrogens with zero attached hydrogens (tertiary/aromatic N) is 2. The van der Waals surface area contributed by atoms with Crippen molar-refractivity contribution >= 4 is 5.97 Å². The minimum Gasteiger partial charge on any atom is -0.480 e. The molecule has 0 radical (unpaired) electrons. The Hall–Kier alpha value is -0.650. The van der Waals surface area contributed by atoms with Crippen molar-refractivity contribution < 1.29 is 14.6 Å². The van der Waals surface area contributed by atoms with Gasteiger partial charge in [0.05, 0.1) is 13.2 Å². The van der Waals surface area contributed by atoms with Crippen molar-refractivity contribution in [3.8, 4) is 0 Å². The van der Waals surface area contributed by atoms with E-state index in [1.807, 2.05) is 0 Å². The van der Waals surface area contributed by atoms with Crippen molar-refractivity contribution in [3.05, 3.63) is 0 Å². The van der Waals surface area contributed by atoms with E-state index in [0.29, 0.717) is 6.04 Å². The van der Waals surface area contributed by atoms with Gasteiger partial charge in [0.25, 0.3) is 0 Å². The Morgan fingerprint density at radius 1 is 1.33 bits per heavy atom. The number of rotatable bonds is 4. The number of carboxylic acid groups (broad SMARTS) is 1. The van der Waals surface area contributed by atoms with Crippen molar-refractivity contribution in [1.29, 1.82) is 0 Å². The van der Waals surface area contributed by atoms with Crippen molar-refractivity contribution in [3.63, 3.8) is 0 Å². The van der Waals surface area contributed by atoms with Gasteiger partial charge in [-0.05, 0) is 26.3 Å². The lowest BCUT2D eigenvalue weighted by Crippen LogP contribution is -2.54. The molecule has 0 amide bonds. The fourth-order valence-corrected chi connectivity index (χ4v) is 2.95. The highest BCUT2D eigenvalue weighted by Crippen LogP contribution is 2.21. The van der Waals surface area contributed by atoms with Crippen molar-refractivity contribution in [2.75, 3.05) is 39.4 Å². The summed E-state index contributed by atoms with van der Waals surface area (Å²) in [5.41, 5.74) is 0. The molecule has 0 aromatic heterocycles. The van der Waals surface area contributed by atoms with Gasteiger partial charge in [-0.15, -0.1) is 0 Å². The van der Waals surface area contributed by atoms with E-state index < -0.39 is 5.97 Å². The van der Waals surface area contributed by atoms with Gasteiger partial charge in [0, 0.05) is 25.7 Å². The zero-order chi connectivity index (χ0) is 13.0. The van der Waals surface area contributed by atoms with Crippen molar-refractivity contribution in [1.82, 2.24) is 9.80 Å². The van der Waals surface area contributed by atoms with Crippen LogP contribution in [-0.2, 0) is 9.53 Å².